The number of nitrogens with zero attached hydrogens (tertiary/aromatic N) is 1. The number of nitrogens with two attached hydrogens (primary N) is 1. The quantitative estimate of drug-likeness (QED) is 0.0722. The molecule has 3 aromatic rings. The summed E-state index contributed by atoms with van der Waals surface area (Å²) in [5.74, 6) is -1.66. The molecule has 2 atom stereocenters. The third-order valence-corrected chi connectivity index (χ3v) is 6.74. The van der Waals surface area contributed by atoms with Crippen molar-refractivity contribution in [2.75, 3.05) is 6.54 Å². The first-order chi connectivity index (χ1) is 23.9. The third kappa shape index (κ3) is 15.3. The molecule has 6 N–H and O–H groups in total. The van der Waals surface area contributed by atoms with Crippen molar-refractivity contribution in [3.63, 3.8) is 0 Å². The van der Waals surface area contributed by atoms with Crippen LogP contribution in [0, 0.1) is 0 Å². The number of hydrogen-bond donors (Lipinski definition) is 5. The zero-order valence-electron chi connectivity index (χ0n) is 28.3. The van der Waals surface area contributed by atoms with E-state index in [0.717, 1.165) is 16.7 Å². The molecule has 5 amide bonds. The van der Waals surface area contributed by atoms with Crippen molar-refractivity contribution in [1.29, 1.82) is 0 Å². The van der Waals surface area contributed by atoms with Gasteiger partial charge in [-0.05, 0) is 50.3 Å². The maximum absolute atomic E-state index is 13.4. The van der Waals surface area contributed by atoms with E-state index in [0.29, 0.717) is 0 Å². The van der Waals surface area contributed by atoms with Crippen LogP contribution in [0.25, 0.3) is 0 Å². The minimum Gasteiger partial charge on any atom is -0.444 e. The maximum Gasteiger partial charge on any atom is 0.414 e. The molecule has 0 aliphatic heterocycles. The van der Waals surface area contributed by atoms with Gasteiger partial charge in [0.1, 0.15) is 30.9 Å². The van der Waals surface area contributed by atoms with Crippen LogP contribution in [0.5, 0.6) is 0 Å². The molecule has 14 heteroatoms. The number of alkyl carbamates (subject to hydrolysis) is 3. The summed E-state index contributed by atoms with van der Waals surface area (Å²) in [6.45, 7) is 4.96. The second-order valence-electron chi connectivity index (χ2n) is 12.1. The van der Waals surface area contributed by atoms with Crippen molar-refractivity contribution in [2.45, 2.75) is 70.9 Å². The fraction of sp³-hybridized carbons (Fsp3) is 0.333. The summed E-state index contributed by atoms with van der Waals surface area (Å²) in [6.07, 6.45) is -2.24. The van der Waals surface area contributed by atoms with Gasteiger partial charge < -0.3 is 30.6 Å². The van der Waals surface area contributed by atoms with Gasteiger partial charge in [-0.1, -0.05) is 91.0 Å². The lowest BCUT2D eigenvalue weighted by molar-refractivity contribution is -0.128. The number of aliphatic imine (C=N–C) groups is 1. The van der Waals surface area contributed by atoms with E-state index in [1.165, 1.54) is 0 Å². The number of nitrogens with one attached hydrogen (secondary N) is 4. The molecule has 0 aliphatic rings. The highest BCUT2D eigenvalue weighted by Crippen LogP contribution is 2.10. The highest BCUT2D eigenvalue weighted by atomic mass is 16.6. The van der Waals surface area contributed by atoms with Crippen LogP contribution in [0.15, 0.2) is 96.0 Å². The van der Waals surface area contributed by atoms with Crippen LogP contribution in [0.3, 0.4) is 0 Å². The highest BCUT2D eigenvalue weighted by Gasteiger charge is 2.27. The van der Waals surface area contributed by atoms with Gasteiger partial charge in [0.15, 0.2) is 0 Å². The summed E-state index contributed by atoms with van der Waals surface area (Å²) in [7, 11) is 0. The third-order valence-electron chi connectivity index (χ3n) is 6.74. The Labute approximate surface area is 291 Å². The summed E-state index contributed by atoms with van der Waals surface area (Å²) < 4.78 is 15.8. The number of primary amides is 1. The van der Waals surface area contributed by atoms with Crippen LogP contribution >= 0.6 is 0 Å². The van der Waals surface area contributed by atoms with E-state index in [4.69, 9.17) is 19.9 Å². The molecule has 0 fully saturated rings. The van der Waals surface area contributed by atoms with Gasteiger partial charge in [0.05, 0.1) is 0 Å². The first-order valence-corrected chi connectivity index (χ1v) is 16.0. The van der Waals surface area contributed by atoms with Crippen LogP contribution in [0.1, 0.15) is 50.3 Å². The van der Waals surface area contributed by atoms with Crippen molar-refractivity contribution in [2.24, 2.45) is 10.7 Å². The molecule has 0 saturated carbocycles. The Hall–Kier alpha value is -5.92. The molecule has 14 nitrogen and oxygen atoms in total. The minimum atomic E-state index is -1.14. The molecule has 0 bridgehead atoms. The lowest BCUT2D eigenvalue weighted by Crippen LogP contribution is -2.54. The number of amides is 5. The Morgan fingerprint density at radius 1 is 0.680 bits per heavy atom. The average molecular weight is 689 g/mol. The molecule has 0 unspecified atom stereocenters. The topological polar surface area (TPSA) is 200 Å². The summed E-state index contributed by atoms with van der Waals surface area (Å²) in [5, 5.41) is 9.98. The van der Waals surface area contributed by atoms with Gasteiger partial charge >= 0.3 is 18.3 Å². The normalized spacial score (nSPS) is 11.9. The average Bonchev–Trinajstić information content (AvgIpc) is 3.08. The Kier molecular flexibility index (Phi) is 15.3. The number of guanidine groups is 1. The van der Waals surface area contributed by atoms with Gasteiger partial charge in [-0.15, -0.1) is 0 Å². The van der Waals surface area contributed by atoms with Crippen LogP contribution in [0.4, 0.5) is 14.4 Å². The molecule has 0 aromatic heterocycles. The molecule has 50 heavy (non-hydrogen) atoms. The predicted molar refractivity (Wildman–Crippen MR) is 185 cm³/mol. The smallest absolute Gasteiger partial charge is 0.414 e. The van der Waals surface area contributed by atoms with Crippen molar-refractivity contribution >= 4 is 36.1 Å². The van der Waals surface area contributed by atoms with Gasteiger partial charge in [0, 0.05) is 13.0 Å². The minimum absolute atomic E-state index is 0.0176. The number of carbonyl (C=O) groups is 5. The monoisotopic (exact) mass is 688 g/mol. The number of carbonyl (C=O) groups excluding carboxylic acids is 5. The van der Waals surface area contributed by atoms with E-state index in [9.17, 15) is 24.0 Å². The zero-order valence-corrected chi connectivity index (χ0v) is 28.3. The van der Waals surface area contributed by atoms with Gasteiger partial charge in [0.2, 0.25) is 17.8 Å². The summed E-state index contributed by atoms with van der Waals surface area (Å²) in [4.78, 5) is 67.7. The summed E-state index contributed by atoms with van der Waals surface area (Å²) in [5.41, 5.74) is 7.03. The molecule has 0 saturated heterocycles. The molecule has 266 valence electrons. The van der Waals surface area contributed by atoms with Crippen molar-refractivity contribution in [3.05, 3.63) is 108 Å². The number of rotatable bonds is 14. The highest BCUT2D eigenvalue weighted by molar-refractivity contribution is 6.01. The number of ether oxygens (including phenoxy) is 3. The molecule has 0 spiro atoms. The van der Waals surface area contributed by atoms with Crippen LogP contribution in [0.2, 0.25) is 0 Å². The molecule has 0 radical (unpaired) electrons. The van der Waals surface area contributed by atoms with Gasteiger partial charge in [-0.2, -0.15) is 0 Å². The summed E-state index contributed by atoms with van der Waals surface area (Å²) in [6, 6.07) is 24.8. The molecule has 0 heterocycles. The second kappa shape index (κ2) is 19.8. The van der Waals surface area contributed by atoms with Gasteiger partial charge in [-0.3, -0.25) is 25.2 Å². The molecule has 3 rings (SSSR count). The fourth-order valence-electron chi connectivity index (χ4n) is 4.37. The van der Waals surface area contributed by atoms with Crippen molar-refractivity contribution < 1.29 is 38.2 Å². The molecule has 0 aliphatic carbocycles. The van der Waals surface area contributed by atoms with E-state index < -0.39 is 47.8 Å². The first kappa shape index (κ1) is 38.5. The van der Waals surface area contributed by atoms with Crippen LogP contribution < -0.4 is 27.0 Å². The lowest BCUT2D eigenvalue weighted by atomic mass is 10.0. The fourth-order valence-corrected chi connectivity index (χ4v) is 4.37. The van der Waals surface area contributed by atoms with Crippen LogP contribution in [-0.2, 0) is 43.4 Å². The summed E-state index contributed by atoms with van der Waals surface area (Å²) >= 11 is 0. The Morgan fingerprint density at radius 2 is 1.16 bits per heavy atom. The number of hydrogen-bond acceptors (Lipinski definition) is 9. The standard InChI is InChI=1S/C36H44N6O8/c1-36(2,3)50-35(47)40-28(31(44)39-29(30(37)43)22-25-14-7-4-8-15-25)20-13-21-38-32(41-33(45)48-23-26-16-9-5-10-17-26)42-34(46)49-24-27-18-11-6-12-19-27/h4-12,14-19,28-29H,13,20-24H2,1-3H3,(H2,37,43)(H,39,44)(H,40,47)(H2,38,41,42,45,46)/t28-,29-/m0/s1. The molecular formula is C36H44N6O8. The largest absolute Gasteiger partial charge is 0.444 e. The van der Waals surface area contributed by atoms with Crippen LogP contribution in [-0.4, -0.2) is 60.3 Å². The van der Waals surface area contributed by atoms with E-state index >= 15 is 0 Å². The van der Waals surface area contributed by atoms with E-state index in [2.05, 4.69) is 26.3 Å². The van der Waals surface area contributed by atoms with E-state index in [1.54, 1.807) is 93.6 Å². The second-order valence-corrected chi connectivity index (χ2v) is 12.1. The predicted octanol–water partition coefficient (Wildman–Crippen LogP) is 4.08. The Balaban J connectivity index is 1.68. The first-order valence-electron chi connectivity index (χ1n) is 16.0. The Morgan fingerprint density at radius 3 is 1.62 bits per heavy atom. The number of benzene rings is 3. The van der Waals surface area contributed by atoms with Crippen molar-refractivity contribution in [1.82, 2.24) is 21.3 Å². The van der Waals surface area contributed by atoms with E-state index in [-0.39, 0.29) is 45.0 Å². The molecule has 3 aromatic carbocycles. The van der Waals surface area contributed by atoms with Gasteiger partial charge in [0.25, 0.3) is 0 Å². The van der Waals surface area contributed by atoms with E-state index in [1.807, 2.05) is 18.2 Å². The van der Waals surface area contributed by atoms with Gasteiger partial charge in [-0.25, -0.2) is 14.4 Å². The lowest BCUT2D eigenvalue weighted by Gasteiger charge is -2.24. The SMILES string of the molecule is CC(C)(C)OC(=O)N[C@@H](CCCN=C(NC(=O)OCc1ccccc1)NC(=O)OCc1ccccc1)C(=O)N[C@@H](Cc1ccccc1)C(N)=O. The molecular weight excluding hydrogens is 644 g/mol. The van der Waals surface area contributed by atoms with Crippen molar-refractivity contribution in [3.8, 4) is 0 Å². The Bertz CT molecular complexity index is 1520. The zero-order chi connectivity index (χ0) is 36.4. The maximum atomic E-state index is 13.4.